The molecule has 1 aromatic carbocycles. The molecule has 0 amide bonds. The van der Waals surface area contributed by atoms with Crippen molar-refractivity contribution < 1.29 is 9.84 Å². The Morgan fingerprint density at radius 1 is 1.22 bits per heavy atom. The minimum atomic E-state index is -0.469. The molecule has 124 valence electrons. The van der Waals surface area contributed by atoms with Crippen molar-refractivity contribution in [2.75, 3.05) is 44.2 Å². The highest BCUT2D eigenvalue weighted by molar-refractivity contribution is 7.13. The number of nitrogens with zero attached hydrogens (tertiary/aromatic N) is 3. The van der Waals surface area contributed by atoms with Gasteiger partial charge in [0.05, 0.1) is 5.69 Å². The summed E-state index contributed by atoms with van der Waals surface area (Å²) in [7, 11) is 0. The highest BCUT2D eigenvalue weighted by Gasteiger charge is 2.21. The second-order valence-electron chi connectivity index (χ2n) is 5.84. The molecule has 2 heterocycles. The van der Waals surface area contributed by atoms with Crippen LogP contribution in [-0.2, 0) is 0 Å². The normalized spacial score (nSPS) is 17.2. The fourth-order valence-electron chi connectivity index (χ4n) is 2.67. The molecule has 2 aromatic rings. The lowest BCUT2D eigenvalue weighted by molar-refractivity contribution is 0.0663. The van der Waals surface area contributed by atoms with E-state index in [4.69, 9.17) is 4.74 Å². The van der Waals surface area contributed by atoms with Gasteiger partial charge in [-0.05, 0) is 19.1 Å². The minimum Gasteiger partial charge on any atom is -0.491 e. The molecular formula is C17H23N3O2S. The molecule has 1 aliphatic heterocycles. The first-order chi connectivity index (χ1) is 11.2. The van der Waals surface area contributed by atoms with Gasteiger partial charge in [0.15, 0.2) is 5.13 Å². The number of aliphatic hydroxyl groups excluding tert-OH is 1. The Balaban J connectivity index is 1.40. The van der Waals surface area contributed by atoms with E-state index in [2.05, 4.69) is 20.2 Å². The van der Waals surface area contributed by atoms with Crippen LogP contribution < -0.4 is 9.64 Å². The molecule has 0 spiro atoms. The maximum atomic E-state index is 10.2. The molecule has 3 rings (SSSR count). The fourth-order valence-corrected chi connectivity index (χ4v) is 3.53. The number of hydrogen-bond donors (Lipinski definition) is 1. The number of anilines is 1. The molecule has 1 unspecified atom stereocenters. The average Bonchev–Trinajstić information content (AvgIpc) is 3.01. The average molecular weight is 333 g/mol. The van der Waals surface area contributed by atoms with E-state index in [0.29, 0.717) is 13.2 Å². The zero-order valence-corrected chi connectivity index (χ0v) is 14.2. The van der Waals surface area contributed by atoms with Gasteiger partial charge in [0.1, 0.15) is 18.5 Å². The van der Waals surface area contributed by atoms with E-state index >= 15 is 0 Å². The Morgan fingerprint density at radius 3 is 2.61 bits per heavy atom. The predicted molar refractivity (Wildman–Crippen MR) is 93.4 cm³/mol. The summed E-state index contributed by atoms with van der Waals surface area (Å²) in [6, 6.07) is 9.62. The lowest BCUT2D eigenvalue weighted by Gasteiger charge is -2.35. The van der Waals surface area contributed by atoms with Crippen molar-refractivity contribution in [1.82, 2.24) is 9.88 Å². The molecule has 1 saturated heterocycles. The van der Waals surface area contributed by atoms with Crippen LogP contribution in [-0.4, -0.2) is 60.4 Å². The number of ether oxygens (including phenoxy) is 1. The lowest BCUT2D eigenvalue weighted by Crippen LogP contribution is -2.49. The topological polar surface area (TPSA) is 48.8 Å². The number of aliphatic hydroxyl groups is 1. The molecule has 5 nitrogen and oxygen atoms in total. The standard InChI is InChI=1S/C17H23N3O2S/c1-14-13-23-17(18-14)20-9-7-19(8-10-20)11-15(21)12-22-16-5-3-2-4-6-16/h2-6,13,15,21H,7-12H2,1H3. The maximum absolute atomic E-state index is 10.2. The monoisotopic (exact) mass is 333 g/mol. The predicted octanol–water partition coefficient (Wildman–Crippen LogP) is 2.01. The molecule has 0 aliphatic carbocycles. The van der Waals surface area contributed by atoms with Crippen LogP contribution in [0.15, 0.2) is 35.7 Å². The molecule has 1 aromatic heterocycles. The number of β-amino-alcohol motifs (C(OH)–C–C–N with tert-alkyl or cyclic N) is 1. The van der Waals surface area contributed by atoms with Crippen LogP contribution in [0, 0.1) is 6.92 Å². The number of aryl methyl sites for hydroxylation is 1. The number of benzene rings is 1. The summed E-state index contributed by atoms with van der Waals surface area (Å²) >= 11 is 1.70. The van der Waals surface area contributed by atoms with Crippen LogP contribution in [0.25, 0.3) is 0 Å². The Labute approximate surface area is 141 Å². The van der Waals surface area contributed by atoms with Gasteiger partial charge in [-0.2, -0.15) is 0 Å². The van der Waals surface area contributed by atoms with Crippen molar-refractivity contribution in [3.8, 4) is 5.75 Å². The highest BCUT2D eigenvalue weighted by atomic mass is 32.1. The zero-order valence-electron chi connectivity index (χ0n) is 13.4. The van der Waals surface area contributed by atoms with Gasteiger partial charge in [-0.1, -0.05) is 18.2 Å². The third kappa shape index (κ3) is 4.67. The van der Waals surface area contributed by atoms with Crippen molar-refractivity contribution in [3.05, 3.63) is 41.4 Å². The molecule has 1 atom stereocenters. The number of hydrogen-bond acceptors (Lipinski definition) is 6. The van der Waals surface area contributed by atoms with Crippen LogP contribution in [0.1, 0.15) is 5.69 Å². The van der Waals surface area contributed by atoms with Gasteiger partial charge >= 0.3 is 0 Å². The van der Waals surface area contributed by atoms with Gasteiger partial charge in [-0.25, -0.2) is 4.98 Å². The first-order valence-electron chi connectivity index (χ1n) is 7.96. The molecular weight excluding hydrogens is 310 g/mol. The zero-order chi connectivity index (χ0) is 16.1. The van der Waals surface area contributed by atoms with E-state index < -0.39 is 6.10 Å². The van der Waals surface area contributed by atoms with Crippen molar-refractivity contribution in [1.29, 1.82) is 0 Å². The second-order valence-corrected chi connectivity index (χ2v) is 6.67. The van der Waals surface area contributed by atoms with E-state index in [9.17, 15) is 5.11 Å². The number of piperazine rings is 1. The molecule has 1 fully saturated rings. The summed E-state index contributed by atoms with van der Waals surface area (Å²) in [5.74, 6) is 0.801. The van der Waals surface area contributed by atoms with Gasteiger partial charge in [-0.15, -0.1) is 11.3 Å². The van der Waals surface area contributed by atoms with Crippen molar-refractivity contribution in [2.24, 2.45) is 0 Å². The largest absolute Gasteiger partial charge is 0.491 e. The molecule has 6 heteroatoms. The molecule has 0 bridgehead atoms. The number of rotatable bonds is 6. The molecule has 1 aliphatic rings. The molecule has 0 radical (unpaired) electrons. The third-order valence-electron chi connectivity index (χ3n) is 3.90. The summed E-state index contributed by atoms with van der Waals surface area (Å²) in [5.41, 5.74) is 1.08. The second kappa shape index (κ2) is 7.77. The van der Waals surface area contributed by atoms with E-state index in [1.54, 1.807) is 11.3 Å². The first kappa shape index (κ1) is 16.2. The smallest absolute Gasteiger partial charge is 0.185 e. The number of aromatic nitrogens is 1. The highest BCUT2D eigenvalue weighted by Crippen LogP contribution is 2.21. The molecule has 0 saturated carbocycles. The lowest BCUT2D eigenvalue weighted by atomic mass is 10.2. The first-order valence-corrected chi connectivity index (χ1v) is 8.84. The van der Waals surface area contributed by atoms with Crippen LogP contribution in [0.2, 0.25) is 0 Å². The van der Waals surface area contributed by atoms with Crippen molar-refractivity contribution >= 4 is 16.5 Å². The van der Waals surface area contributed by atoms with Gasteiger partial charge < -0.3 is 14.7 Å². The fraction of sp³-hybridized carbons (Fsp3) is 0.471. The minimum absolute atomic E-state index is 0.329. The van der Waals surface area contributed by atoms with Crippen LogP contribution in [0.5, 0.6) is 5.75 Å². The summed E-state index contributed by atoms with van der Waals surface area (Å²) in [5, 5.41) is 13.4. The van der Waals surface area contributed by atoms with Crippen molar-refractivity contribution in [3.63, 3.8) is 0 Å². The summed E-state index contributed by atoms with van der Waals surface area (Å²) < 4.78 is 5.61. The van der Waals surface area contributed by atoms with E-state index in [-0.39, 0.29) is 0 Å². The molecule has 1 N–H and O–H groups in total. The van der Waals surface area contributed by atoms with Gasteiger partial charge in [0.25, 0.3) is 0 Å². The van der Waals surface area contributed by atoms with E-state index in [1.165, 1.54) is 0 Å². The maximum Gasteiger partial charge on any atom is 0.185 e. The Hall–Kier alpha value is -1.63. The van der Waals surface area contributed by atoms with Gasteiger partial charge in [0, 0.05) is 38.1 Å². The molecule has 23 heavy (non-hydrogen) atoms. The number of para-hydroxylation sites is 1. The van der Waals surface area contributed by atoms with Crippen LogP contribution in [0.3, 0.4) is 0 Å². The Morgan fingerprint density at radius 2 is 1.96 bits per heavy atom. The summed E-state index contributed by atoms with van der Waals surface area (Å²) in [6.07, 6.45) is -0.469. The summed E-state index contributed by atoms with van der Waals surface area (Å²) in [6.45, 7) is 6.81. The quantitative estimate of drug-likeness (QED) is 0.876. The number of thiazole rings is 1. The Kier molecular flexibility index (Phi) is 5.48. The van der Waals surface area contributed by atoms with E-state index in [0.717, 1.165) is 42.8 Å². The van der Waals surface area contributed by atoms with Crippen LogP contribution >= 0.6 is 11.3 Å². The van der Waals surface area contributed by atoms with E-state index in [1.807, 2.05) is 37.3 Å². The summed E-state index contributed by atoms with van der Waals surface area (Å²) in [4.78, 5) is 9.15. The van der Waals surface area contributed by atoms with Gasteiger partial charge in [0.2, 0.25) is 0 Å². The SMILES string of the molecule is Cc1csc(N2CCN(CC(O)COc3ccccc3)CC2)n1. The van der Waals surface area contributed by atoms with Crippen molar-refractivity contribution in [2.45, 2.75) is 13.0 Å². The third-order valence-corrected chi connectivity index (χ3v) is 4.92. The van der Waals surface area contributed by atoms with Gasteiger partial charge in [-0.3, -0.25) is 4.90 Å². The Bertz CT molecular complexity index is 597. The van der Waals surface area contributed by atoms with Crippen LogP contribution in [0.4, 0.5) is 5.13 Å².